The molecule has 24 heavy (non-hydrogen) atoms. The van der Waals surface area contributed by atoms with Crippen molar-refractivity contribution >= 4 is 27.7 Å². The fraction of sp³-hybridized carbons (Fsp3) is 0.688. The number of ether oxygens (including phenoxy) is 1. The molecule has 1 aromatic rings. The lowest BCUT2D eigenvalue weighted by atomic mass is 10.0. The van der Waals surface area contributed by atoms with E-state index < -0.39 is 0 Å². The van der Waals surface area contributed by atoms with Gasteiger partial charge in [0.15, 0.2) is 0 Å². The highest BCUT2D eigenvalue weighted by molar-refractivity contribution is 9.10. The summed E-state index contributed by atoms with van der Waals surface area (Å²) in [5.41, 5.74) is 0. The molecular formula is C16H21BrN4O3. The van der Waals surface area contributed by atoms with Crippen molar-refractivity contribution in [3.05, 3.63) is 16.9 Å². The Morgan fingerprint density at radius 2 is 1.96 bits per heavy atom. The highest BCUT2D eigenvalue weighted by Crippen LogP contribution is 2.29. The van der Waals surface area contributed by atoms with E-state index >= 15 is 0 Å². The molecule has 3 aliphatic rings. The highest BCUT2D eigenvalue weighted by atomic mass is 79.9. The molecule has 2 amide bonds. The smallest absolute Gasteiger partial charge is 0.228 e. The second-order valence-corrected chi connectivity index (χ2v) is 7.74. The Kier molecular flexibility index (Phi) is 4.34. The van der Waals surface area contributed by atoms with Gasteiger partial charge >= 0.3 is 0 Å². The SMILES string of the molecule is O=C(C1CC(=O)N(C2CCOCC2)C1)N1CC(n2cc(Br)cn2)C1. The van der Waals surface area contributed by atoms with Crippen molar-refractivity contribution in [1.82, 2.24) is 19.6 Å². The topological polar surface area (TPSA) is 67.7 Å². The maximum atomic E-state index is 12.7. The quantitative estimate of drug-likeness (QED) is 0.765. The van der Waals surface area contributed by atoms with Crippen LogP contribution in [0.25, 0.3) is 0 Å². The summed E-state index contributed by atoms with van der Waals surface area (Å²) >= 11 is 3.39. The molecule has 3 fully saturated rings. The van der Waals surface area contributed by atoms with Gasteiger partial charge in [-0.25, -0.2) is 0 Å². The van der Waals surface area contributed by atoms with Gasteiger partial charge in [0.2, 0.25) is 11.8 Å². The van der Waals surface area contributed by atoms with Crippen molar-refractivity contribution in [3.8, 4) is 0 Å². The number of rotatable bonds is 3. The third kappa shape index (κ3) is 2.97. The molecule has 3 saturated heterocycles. The lowest BCUT2D eigenvalue weighted by Gasteiger charge is -2.40. The van der Waals surface area contributed by atoms with Crippen molar-refractivity contribution in [2.75, 3.05) is 32.8 Å². The number of aromatic nitrogens is 2. The summed E-state index contributed by atoms with van der Waals surface area (Å²) in [5, 5.41) is 4.27. The largest absolute Gasteiger partial charge is 0.381 e. The Morgan fingerprint density at radius 3 is 2.62 bits per heavy atom. The van der Waals surface area contributed by atoms with Gasteiger partial charge in [0.1, 0.15) is 0 Å². The first kappa shape index (κ1) is 16.1. The molecule has 3 aliphatic heterocycles. The van der Waals surface area contributed by atoms with E-state index in [1.54, 1.807) is 6.20 Å². The van der Waals surface area contributed by atoms with Gasteiger partial charge in [-0.15, -0.1) is 0 Å². The van der Waals surface area contributed by atoms with Crippen LogP contribution in [-0.4, -0.2) is 70.3 Å². The van der Waals surface area contributed by atoms with Crippen molar-refractivity contribution in [2.24, 2.45) is 5.92 Å². The fourth-order valence-electron chi connectivity index (χ4n) is 3.82. The number of amides is 2. The van der Waals surface area contributed by atoms with Gasteiger partial charge in [-0.05, 0) is 28.8 Å². The molecule has 4 heterocycles. The minimum Gasteiger partial charge on any atom is -0.381 e. The fourth-order valence-corrected chi connectivity index (χ4v) is 4.12. The monoisotopic (exact) mass is 396 g/mol. The van der Waals surface area contributed by atoms with E-state index in [9.17, 15) is 9.59 Å². The summed E-state index contributed by atoms with van der Waals surface area (Å²) in [6.45, 7) is 3.33. The lowest BCUT2D eigenvalue weighted by Crippen LogP contribution is -2.53. The Bertz CT molecular complexity index is 637. The highest BCUT2D eigenvalue weighted by Gasteiger charge is 2.42. The molecule has 1 aromatic heterocycles. The van der Waals surface area contributed by atoms with Crippen LogP contribution in [0.2, 0.25) is 0 Å². The van der Waals surface area contributed by atoms with Gasteiger partial charge in [0.05, 0.1) is 22.6 Å². The average molecular weight is 397 g/mol. The molecular weight excluding hydrogens is 376 g/mol. The molecule has 1 unspecified atom stereocenters. The average Bonchev–Trinajstić information content (AvgIpc) is 3.13. The standard InChI is InChI=1S/C16H21BrN4O3/c17-12-6-18-21(8-12)14-9-19(10-14)16(23)11-5-15(22)20(7-11)13-1-3-24-4-2-13/h6,8,11,13-14H,1-5,7,9-10H2. The van der Waals surface area contributed by atoms with Crippen LogP contribution in [0.5, 0.6) is 0 Å². The van der Waals surface area contributed by atoms with Crippen molar-refractivity contribution < 1.29 is 14.3 Å². The van der Waals surface area contributed by atoms with Gasteiger partial charge in [-0.1, -0.05) is 0 Å². The second-order valence-electron chi connectivity index (χ2n) is 6.83. The Morgan fingerprint density at radius 1 is 1.21 bits per heavy atom. The van der Waals surface area contributed by atoms with E-state index in [0.717, 1.165) is 17.3 Å². The summed E-state index contributed by atoms with van der Waals surface area (Å²) in [7, 11) is 0. The first-order chi connectivity index (χ1) is 11.6. The summed E-state index contributed by atoms with van der Waals surface area (Å²) in [6, 6.07) is 0.485. The van der Waals surface area contributed by atoms with Crippen LogP contribution in [0.15, 0.2) is 16.9 Å². The molecule has 1 atom stereocenters. The van der Waals surface area contributed by atoms with Gasteiger partial charge in [0, 0.05) is 51.5 Å². The zero-order valence-corrected chi connectivity index (χ0v) is 15.0. The molecule has 7 nitrogen and oxygen atoms in total. The van der Waals surface area contributed by atoms with E-state index in [1.165, 1.54) is 0 Å². The number of carbonyl (C=O) groups excluding carboxylic acids is 2. The van der Waals surface area contributed by atoms with Gasteiger partial charge < -0.3 is 14.5 Å². The second kappa shape index (κ2) is 6.48. The summed E-state index contributed by atoms with van der Waals surface area (Å²) in [6.07, 6.45) is 5.80. The number of carbonyl (C=O) groups is 2. The molecule has 0 N–H and O–H groups in total. The van der Waals surface area contributed by atoms with Crippen molar-refractivity contribution in [3.63, 3.8) is 0 Å². The minimum atomic E-state index is -0.189. The third-order valence-corrected chi connectivity index (χ3v) is 5.67. The van der Waals surface area contributed by atoms with E-state index in [1.807, 2.05) is 20.7 Å². The van der Waals surface area contributed by atoms with Gasteiger partial charge in [-0.2, -0.15) is 5.10 Å². The Balaban J connectivity index is 1.32. The van der Waals surface area contributed by atoms with Crippen LogP contribution in [0, 0.1) is 5.92 Å². The summed E-state index contributed by atoms with van der Waals surface area (Å²) in [4.78, 5) is 28.7. The van der Waals surface area contributed by atoms with Crippen LogP contribution >= 0.6 is 15.9 Å². The van der Waals surface area contributed by atoms with Crippen LogP contribution in [0.4, 0.5) is 0 Å². The molecule has 0 radical (unpaired) electrons. The molecule has 0 saturated carbocycles. The van der Waals surface area contributed by atoms with Crippen molar-refractivity contribution in [1.29, 1.82) is 0 Å². The van der Waals surface area contributed by atoms with Crippen LogP contribution in [0.3, 0.4) is 0 Å². The van der Waals surface area contributed by atoms with Crippen LogP contribution in [0.1, 0.15) is 25.3 Å². The molecule has 4 rings (SSSR count). The van der Waals surface area contributed by atoms with E-state index in [0.29, 0.717) is 39.3 Å². The maximum absolute atomic E-state index is 12.7. The van der Waals surface area contributed by atoms with E-state index in [4.69, 9.17) is 4.74 Å². The van der Waals surface area contributed by atoms with Gasteiger partial charge in [0.25, 0.3) is 0 Å². The zero-order valence-electron chi connectivity index (χ0n) is 13.4. The van der Waals surface area contributed by atoms with E-state index in [2.05, 4.69) is 21.0 Å². The molecule has 8 heteroatoms. The molecule has 0 spiro atoms. The Hall–Kier alpha value is -1.41. The van der Waals surface area contributed by atoms with Crippen LogP contribution in [-0.2, 0) is 14.3 Å². The lowest BCUT2D eigenvalue weighted by molar-refractivity contribution is -0.141. The third-order valence-electron chi connectivity index (χ3n) is 5.26. The first-order valence-electron chi connectivity index (χ1n) is 8.47. The predicted molar refractivity (Wildman–Crippen MR) is 89.2 cm³/mol. The van der Waals surface area contributed by atoms with Gasteiger partial charge in [-0.3, -0.25) is 14.3 Å². The number of hydrogen-bond acceptors (Lipinski definition) is 4. The van der Waals surface area contributed by atoms with Crippen LogP contribution < -0.4 is 0 Å². The normalized spacial score (nSPS) is 26.0. The molecule has 0 bridgehead atoms. The van der Waals surface area contributed by atoms with E-state index in [-0.39, 0.29) is 29.8 Å². The van der Waals surface area contributed by atoms with Crippen molar-refractivity contribution in [2.45, 2.75) is 31.3 Å². The molecule has 0 aliphatic carbocycles. The number of hydrogen-bond donors (Lipinski definition) is 0. The zero-order chi connectivity index (χ0) is 16.7. The molecule has 0 aromatic carbocycles. The number of likely N-dealkylation sites (tertiary alicyclic amines) is 2. The Labute approximate surface area is 149 Å². The number of halogens is 1. The maximum Gasteiger partial charge on any atom is 0.228 e. The molecule has 130 valence electrons. The number of nitrogens with zero attached hydrogens (tertiary/aromatic N) is 4. The first-order valence-corrected chi connectivity index (χ1v) is 9.27. The minimum absolute atomic E-state index is 0.111. The predicted octanol–water partition coefficient (Wildman–Crippen LogP) is 1.06. The summed E-state index contributed by atoms with van der Waals surface area (Å²) < 4.78 is 8.20. The summed E-state index contributed by atoms with van der Waals surface area (Å²) in [5.74, 6) is 0.0411.